The lowest BCUT2D eigenvalue weighted by atomic mass is 9.98. The van der Waals surface area contributed by atoms with Crippen LogP contribution in [0.5, 0.6) is 0 Å². The summed E-state index contributed by atoms with van der Waals surface area (Å²) in [5, 5.41) is 10.2. The maximum atomic E-state index is 12.7. The highest BCUT2D eigenvalue weighted by atomic mass is 32.1. The van der Waals surface area contributed by atoms with Gasteiger partial charge in [-0.05, 0) is 19.8 Å². The van der Waals surface area contributed by atoms with Crippen LogP contribution in [0, 0.1) is 6.92 Å². The van der Waals surface area contributed by atoms with Crippen LogP contribution in [0.2, 0.25) is 0 Å². The topological polar surface area (TPSA) is 59.9 Å². The van der Waals surface area contributed by atoms with Gasteiger partial charge in [0.05, 0.1) is 18.2 Å². The van der Waals surface area contributed by atoms with E-state index in [0.717, 1.165) is 58.7 Å². The number of carbonyl (C=O) groups is 1. The second kappa shape index (κ2) is 8.38. The van der Waals surface area contributed by atoms with Gasteiger partial charge in [-0.3, -0.25) is 14.6 Å². The fourth-order valence-electron chi connectivity index (χ4n) is 3.57. The number of aromatic nitrogens is 1. The summed E-state index contributed by atoms with van der Waals surface area (Å²) < 4.78 is 0. The first-order valence-electron chi connectivity index (χ1n) is 8.91. The van der Waals surface area contributed by atoms with E-state index < -0.39 is 0 Å². The molecule has 2 fully saturated rings. The van der Waals surface area contributed by atoms with Crippen molar-refractivity contribution in [2.45, 2.75) is 25.7 Å². The summed E-state index contributed by atoms with van der Waals surface area (Å²) in [6.45, 7) is 8.96. The highest BCUT2D eigenvalue weighted by Gasteiger charge is 2.28. The number of aliphatic hydroxyl groups is 1. The maximum absolute atomic E-state index is 12.7. The highest BCUT2D eigenvalue weighted by molar-refractivity contribution is 7.11. The van der Waals surface area contributed by atoms with Crippen molar-refractivity contribution in [3.63, 3.8) is 0 Å². The normalized spacial score (nSPS) is 23.6. The molecule has 0 radical (unpaired) electrons. The van der Waals surface area contributed by atoms with E-state index in [1.807, 2.05) is 11.1 Å². The van der Waals surface area contributed by atoms with Crippen LogP contribution in [0.25, 0.3) is 0 Å². The third-order valence-electron chi connectivity index (χ3n) is 5.00. The van der Waals surface area contributed by atoms with Gasteiger partial charge in [-0.2, -0.15) is 0 Å². The average molecular weight is 353 g/mol. The number of β-amino-alcohol motifs (C(OH)–C–C–N with tert-alkyl or cyclic N) is 1. The van der Waals surface area contributed by atoms with Gasteiger partial charge in [-0.25, -0.2) is 4.98 Å². The minimum atomic E-state index is 0.213. The molecule has 6 nitrogen and oxygen atoms in total. The Bertz CT molecular complexity index is 542. The SMILES string of the molecule is Cc1cnc([C@@H]2CCCN(C(=O)CN3CCN(CCO)CC3)C2)s1. The number of nitrogens with zero attached hydrogens (tertiary/aromatic N) is 4. The molecule has 1 atom stereocenters. The van der Waals surface area contributed by atoms with Gasteiger partial charge in [0.2, 0.25) is 5.91 Å². The lowest BCUT2D eigenvalue weighted by Crippen LogP contribution is -2.51. The van der Waals surface area contributed by atoms with E-state index >= 15 is 0 Å². The molecule has 0 unspecified atom stereocenters. The first-order valence-corrected chi connectivity index (χ1v) is 9.73. The van der Waals surface area contributed by atoms with Gasteiger partial charge in [0.25, 0.3) is 0 Å². The third kappa shape index (κ3) is 4.53. The minimum absolute atomic E-state index is 0.213. The zero-order valence-electron chi connectivity index (χ0n) is 14.5. The fourth-order valence-corrected chi connectivity index (χ4v) is 4.47. The Morgan fingerprint density at radius 2 is 2.04 bits per heavy atom. The number of aliphatic hydroxyl groups excluding tert-OH is 1. The van der Waals surface area contributed by atoms with Crippen LogP contribution in [0.4, 0.5) is 0 Å². The average Bonchev–Trinajstić information content (AvgIpc) is 3.03. The summed E-state index contributed by atoms with van der Waals surface area (Å²) >= 11 is 1.76. The molecule has 2 saturated heterocycles. The van der Waals surface area contributed by atoms with Crippen LogP contribution < -0.4 is 0 Å². The molecule has 1 N–H and O–H groups in total. The first-order chi connectivity index (χ1) is 11.7. The van der Waals surface area contributed by atoms with Gasteiger partial charge in [0.15, 0.2) is 0 Å². The van der Waals surface area contributed by atoms with Crippen molar-refractivity contribution in [1.29, 1.82) is 0 Å². The molecule has 134 valence electrons. The number of likely N-dealkylation sites (tertiary alicyclic amines) is 1. The molecule has 0 aromatic carbocycles. The maximum Gasteiger partial charge on any atom is 0.236 e. The summed E-state index contributed by atoms with van der Waals surface area (Å²) in [5.41, 5.74) is 0. The van der Waals surface area contributed by atoms with E-state index in [-0.39, 0.29) is 12.5 Å². The van der Waals surface area contributed by atoms with E-state index in [1.165, 1.54) is 9.88 Å². The molecule has 3 heterocycles. The standard InChI is InChI=1S/C17H28N4O2S/c1-14-11-18-17(24-14)15-3-2-4-21(12-15)16(23)13-20-7-5-19(6-8-20)9-10-22/h11,15,22H,2-10,12-13H2,1H3/t15-/m1/s1. The third-order valence-corrected chi connectivity index (χ3v) is 6.08. The summed E-state index contributed by atoms with van der Waals surface area (Å²) in [6.07, 6.45) is 4.14. The van der Waals surface area contributed by atoms with E-state index in [2.05, 4.69) is 21.7 Å². The second-order valence-corrected chi connectivity index (χ2v) is 8.10. The Morgan fingerprint density at radius 3 is 2.71 bits per heavy atom. The second-order valence-electron chi connectivity index (χ2n) is 6.83. The van der Waals surface area contributed by atoms with Crippen LogP contribution in [-0.2, 0) is 4.79 Å². The van der Waals surface area contributed by atoms with E-state index in [9.17, 15) is 4.79 Å². The number of thiazole rings is 1. The molecule has 2 aliphatic heterocycles. The molecular weight excluding hydrogens is 324 g/mol. The van der Waals surface area contributed by atoms with Gasteiger partial charge in [0, 0.05) is 62.8 Å². The number of hydrogen-bond donors (Lipinski definition) is 1. The molecule has 2 aliphatic rings. The molecule has 7 heteroatoms. The van der Waals surface area contributed by atoms with Gasteiger partial charge < -0.3 is 10.0 Å². The van der Waals surface area contributed by atoms with Gasteiger partial charge in [0.1, 0.15) is 0 Å². The molecule has 0 spiro atoms. The Kier molecular flexibility index (Phi) is 6.21. The Labute approximate surface area is 148 Å². The highest BCUT2D eigenvalue weighted by Crippen LogP contribution is 2.29. The number of aryl methyl sites for hydroxylation is 1. The zero-order chi connectivity index (χ0) is 16.9. The van der Waals surface area contributed by atoms with Gasteiger partial charge in [-0.1, -0.05) is 0 Å². The minimum Gasteiger partial charge on any atom is -0.395 e. The monoisotopic (exact) mass is 352 g/mol. The number of carbonyl (C=O) groups excluding carboxylic acids is 1. The lowest BCUT2D eigenvalue weighted by Gasteiger charge is -2.37. The summed E-state index contributed by atoms with van der Waals surface area (Å²) in [7, 11) is 0. The van der Waals surface area contributed by atoms with Gasteiger partial charge in [-0.15, -0.1) is 11.3 Å². The predicted octanol–water partition coefficient (Wildman–Crippen LogP) is 0.767. The molecule has 0 saturated carbocycles. The van der Waals surface area contributed by atoms with Crippen molar-refractivity contribution in [3.05, 3.63) is 16.1 Å². The fraction of sp³-hybridized carbons (Fsp3) is 0.765. The Balaban J connectivity index is 1.48. The lowest BCUT2D eigenvalue weighted by molar-refractivity contribution is -0.134. The summed E-state index contributed by atoms with van der Waals surface area (Å²) in [5.74, 6) is 0.659. The zero-order valence-corrected chi connectivity index (χ0v) is 15.3. The summed E-state index contributed by atoms with van der Waals surface area (Å²) in [4.78, 5) is 25.0. The van der Waals surface area contributed by atoms with Crippen LogP contribution in [-0.4, -0.2) is 89.7 Å². The van der Waals surface area contributed by atoms with Crippen molar-refractivity contribution < 1.29 is 9.90 Å². The van der Waals surface area contributed by atoms with E-state index in [4.69, 9.17) is 5.11 Å². The van der Waals surface area contributed by atoms with Crippen molar-refractivity contribution in [2.24, 2.45) is 0 Å². The van der Waals surface area contributed by atoms with Crippen LogP contribution in [0.3, 0.4) is 0 Å². The van der Waals surface area contributed by atoms with Crippen molar-refractivity contribution in [2.75, 3.05) is 59.0 Å². The number of piperazine rings is 1. The Hall–Kier alpha value is -1.02. The van der Waals surface area contributed by atoms with Gasteiger partial charge >= 0.3 is 0 Å². The molecule has 0 aliphatic carbocycles. The smallest absolute Gasteiger partial charge is 0.236 e. The molecule has 0 bridgehead atoms. The molecule has 1 aromatic heterocycles. The van der Waals surface area contributed by atoms with E-state index in [0.29, 0.717) is 12.5 Å². The predicted molar refractivity (Wildman–Crippen MR) is 95.4 cm³/mol. The first kappa shape index (κ1) is 17.8. The molecule has 1 amide bonds. The quantitative estimate of drug-likeness (QED) is 0.848. The Morgan fingerprint density at radius 1 is 1.29 bits per heavy atom. The molecule has 3 rings (SSSR count). The molecular formula is C17H28N4O2S. The van der Waals surface area contributed by atoms with E-state index in [1.54, 1.807) is 11.3 Å². The van der Waals surface area contributed by atoms with Crippen LogP contribution >= 0.6 is 11.3 Å². The molecule has 24 heavy (non-hydrogen) atoms. The van der Waals surface area contributed by atoms with Crippen molar-refractivity contribution >= 4 is 17.2 Å². The largest absolute Gasteiger partial charge is 0.395 e. The molecule has 1 aromatic rings. The number of hydrogen-bond acceptors (Lipinski definition) is 6. The van der Waals surface area contributed by atoms with Crippen molar-refractivity contribution in [3.8, 4) is 0 Å². The number of rotatable bonds is 5. The number of piperidine rings is 1. The summed E-state index contributed by atoms with van der Waals surface area (Å²) in [6, 6.07) is 0. The van der Waals surface area contributed by atoms with Crippen LogP contribution in [0.1, 0.15) is 28.6 Å². The van der Waals surface area contributed by atoms with Crippen molar-refractivity contribution in [1.82, 2.24) is 19.7 Å². The number of amides is 1. The van der Waals surface area contributed by atoms with Crippen LogP contribution in [0.15, 0.2) is 6.20 Å².